The molecule has 0 aliphatic carbocycles. The fourth-order valence-electron chi connectivity index (χ4n) is 1.45. The van der Waals surface area contributed by atoms with E-state index in [0.717, 1.165) is 11.8 Å². The predicted octanol–water partition coefficient (Wildman–Crippen LogP) is 2.69. The fraction of sp³-hybridized carbons (Fsp3) is 0.385. The maximum Gasteiger partial charge on any atom is 0.471 e. The fourth-order valence-corrected chi connectivity index (χ4v) is 2.14. The van der Waals surface area contributed by atoms with Crippen LogP contribution in [0.3, 0.4) is 0 Å². The molecule has 0 aliphatic rings. The van der Waals surface area contributed by atoms with Crippen molar-refractivity contribution in [3.05, 3.63) is 23.8 Å². The number of hydrogen-bond donors (Lipinski definition) is 2. The van der Waals surface area contributed by atoms with Crippen molar-refractivity contribution in [3.63, 3.8) is 0 Å². The number of anilines is 1. The number of benzene rings is 1. The molecule has 3 N–H and O–H groups in total. The Hall–Kier alpha value is -1.61. The summed E-state index contributed by atoms with van der Waals surface area (Å²) in [6.45, 7) is -0.152. The number of thioether (sulfide) groups is 1. The smallest absolute Gasteiger partial charge is 0.398 e. The summed E-state index contributed by atoms with van der Waals surface area (Å²) in [5, 5.41) is 1.60. The van der Waals surface area contributed by atoms with Crippen LogP contribution in [0.2, 0.25) is 0 Å². The van der Waals surface area contributed by atoms with E-state index >= 15 is 0 Å². The summed E-state index contributed by atoms with van der Waals surface area (Å²) < 4.78 is 36.0. The molecule has 0 spiro atoms. The maximum absolute atomic E-state index is 12.0. The van der Waals surface area contributed by atoms with Gasteiger partial charge in [0.1, 0.15) is 0 Å². The number of carbonyl (C=O) groups is 2. The van der Waals surface area contributed by atoms with Crippen LogP contribution >= 0.6 is 24.2 Å². The zero-order valence-electron chi connectivity index (χ0n) is 12.4. The van der Waals surface area contributed by atoms with Crippen LogP contribution in [0.5, 0.6) is 0 Å². The minimum Gasteiger partial charge on any atom is -0.398 e. The quantitative estimate of drug-likeness (QED) is 0.630. The SMILES string of the molecule is CN(C)C(=O)Sc1ccc(CCNC(=O)C(F)(F)F)cc1N.Cl. The van der Waals surface area contributed by atoms with Crippen molar-refractivity contribution >= 4 is 41.0 Å². The monoisotopic (exact) mass is 371 g/mol. The van der Waals surface area contributed by atoms with E-state index in [-0.39, 0.29) is 30.6 Å². The van der Waals surface area contributed by atoms with E-state index < -0.39 is 12.1 Å². The van der Waals surface area contributed by atoms with Gasteiger partial charge in [-0.3, -0.25) is 9.59 Å². The van der Waals surface area contributed by atoms with Crippen LogP contribution in [-0.4, -0.2) is 42.9 Å². The standard InChI is InChI=1S/C13H16F3N3O2S.ClH/c1-19(2)12(21)22-10-4-3-8(7-9(10)17)5-6-18-11(20)13(14,15)16;/h3-4,7H,5-6,17H2,1-2H3,(H,18,20);1H. The van der Waals surface area contributed by atoms with Gasteiger partial charge in [0.25, 0.3) is 5.24 Å². The molecular formula is C13H17ClF3N3O2S. The molecule has 1 rings (SSSR count). The first-order valence-electron chi connectivity index (χ1n) is 6.24. The summed E-state index contributed by atoms with van der Waals surface area (Å²) in [7, 11) is 3.23. The molecule has 2 amide bonds. The Morgan fingerprint density at radius 1 is 1.30 bits per heavy atom. The highest BCUT2D eigenvalue weighted by molar-refractivity contribution is 8.13. The number of nitrogens with one attached hydrogen (secondary N) is 1. The zero-order valence-corrected chi connectivity index (χ0v) is 14.1. The lowest BCUT2D eigenvalue weighted by atomic mass is 10.1. The van der Waals surface area contributed by atoms with Crippen LogP contribution in [0, 0.1) is 0 Å². The van der Waals surface area contributed by atoms with Gasteiger partial charge in [-0.05, 0) is 35.9 Å². The molecule has 0 heterocycles. The van der Waals surface area contributed by atoms with E-state index in [1.807, 2.05) is 0 Å². The lowest BCUT2D eigenvalue weighted by Gasteiger charge is -2.12. The highest BCUT2D eigenvalue weighted by Crippen LogP contribution is 2.27. The van der Waals surface area contributed by atoms with Crippen molar-refractivity contribution < 1.29 is 22.8 Å². The summed E-state index contributed by atoms with van der Waals surface area (Å²) in [4.78, 5) is 24.2. The Morgan fingerprint density at radius 2 is 1.91 bits per heavy atom. The highest BCUT2D eigenvalue weighted by atomic mass is 35.5. The van der Waals surface area contributed by atoms with Gasteiger partial charge in [-0.15, -0.1) is 12.4 Å². The van der Waals surface area contributed by atoms with Crippen LogP contribution in [-0.2, 0) is 11.2 Å². The molecule has 1 aromatic carbocycles. The molecule has 0 radical (unpaired) electrons. The maximum atomic E-state index is 12.0. The summed E-state index contributed by atoms with van der Waals surface area (Å²) >= 11 is 0.963. The van der Waals surface area contributed by atoms with Gasteiger partial charge in [0.15, 0.2) is 0 Å². The van der Waals surface area contributed by atoms with Crippen molar-refractivity contribution in [3.8, 4) is 0 Å². The first kappa shape index (κ1) is 21.4. The summed E-state index contributed by atoms with van der Waals surface area (Å²) in [5.41, 5.74) is 6.84. The number of carbonyl (C=O) groups excluding carboxylic acids is 2. The average molecular weight is 372 g/mol. The molecule has 1 aromatic rings. The van der Waals surface area contributed by atoms with Crippen LogP contribution < -0.4 is 11.1 Å². The second kappa shape index (κ2) is 8.88. The van der Waals surface area contributed by atoms with Gasteiger partial charge in [-0.1, -0.05) is 6.07 Å². The molecule has 0 atom stereocenters. The van der Waals surface area contributed by atoms with E-state index in [2.05, 4.69) is 0 Å². The summed E-state index contributed by atoms with van der Waals surface area (Å²) in [5.74, 6) is -1.97. The van der Waals surface area contributed by atoms with Crippen LogP contribution in [0.1, 0.15) is 5.56 Å². The molecule has 23 heavy (non-hydrogen) atoms. The van der Waals surface area contributed by atoms with Crippen molar-refractivity contribution in [2.24, 2.45) is 0 Å². The van der Waals surface area contributed by atoms with E-state index in [0.29, 0.717) is 16.1 Å². The molecule has 0 bridgehead atoms. The molecule has 0 saturated heterocycles. The second-order valence-electron chi connectivity index (χ2n) is 4.64. The van der Waals surface area contributed by atoms with Gasteiger partial charge in [-0.2, -0.15) is 13.2 Å². The molecule has 0 unspecified atom stereocenters. The third-order valence-corrected chi connectivity index (χ3v) is 3.72. The average Bonchev–Trinajstić information content (AvgIpc) is 2.40. The number of nitrogen functional groups attached to an aromatic ring is 1. The number of halogens is 4. The van der Waals surface area contributed by atoms with Crippen LogP contribution in [0.4, 0.5) is 23.7 Å². The van der Waals surface area contributed by atoms with E-state index in [9.17, 15) is 22.8 Å². The molecule has 5 nitrogen and oxygen atoms in total. The first-order valence-corrected chi connectivity index (χ1v) is 7.05. The predicted molar refractivity (Wildman–Crippen MR) is 85.8 cm³/mol. The summed E-state index contributed by atoms with van der Waals surface area (Å²) in [6.07, 6.45) is -4.68. The van der Waals surface area contributed by atoms with Crippen molar-refractivity contribution in [1.29, 1.82) is 0 Å². The van der Waals surface area contributed by atoms with E-state index in [4.69, 9.17) is 5.73 Å². The van der Waals surface area contributed by atoms with Crippen molar-refractivity contribution in [2.45, 2.75) is 17.5 Å². The van der Waals surface area contributed by atoms with Crippen LogP contribution in [0.25, 0.3) is 0 Å². The lowest BCUT2D eigenvalue weighted by molar-refractivity contribution is -0.173. The van der Waals surface area contributed by atoms with Crippen molar-refractivity contribution in [2.75, 3.05) is 26.4 Å². The number of nitrogens with two attached hydrogens (primary N) is 1. The third-order valence-electron chi connectivity index (χ3n) is 2.59. The molecule has 10 heteroatoms. The van der Waals surface area contributed by atoms with Gasteiger partial charge >= 0.3 is 12.1 Å². The summed E-state index contributed by atoms with van der Waals surface area (Å²) in [6, 6.07) is 4.86. The van der Waals surface area contributed by atoms with Gasteiger partial charge < -0.3 is 16.0 Å². The minimum absolute atomic E-state index is 0. The van der Waals surface area contributed by atoms with Gasteiger partial charge in [0, 0.05) is 31.2 Å². The molecule has 0 aliphatic heterocycles. The normalized spacial score (nSPS) is 10.7. The Bertz CT molecular complexity index is 568. The molecule has 0 saturated carbocycles. The van der Waals surface area contributed by atoms with Crippen LogP contribution in [0.15, 0.2) is 23.1 Å². The van der Waals surface area contributed by atoms with Gasteiger partial charge in [-0.25, -0.2) is 0 Å². The molecular weight excluding hydrogens is 355 g/mol. The zero-order chi connectivity index (χ0) is 16.9. The van der Waals surface area contributed by atoms with E-state index in [1.54, 1.807) is 37.6 Å². The third kappa shape index (κ3) is 7.00. The first-order chi connectivity index (χ1) is 10.1. The number of alkyl halides is 3. The molecule has 0 fully saturated rings. The van der Waals surface area contributed by atoms with Gasteiger partial charge in [0.05, 0.1) is 0 Å². The lowest BCUT2D eigenvalue weighted by Crippen LogP contribution is -2.37. The molecule has 130 valence electrons. The number of amides is 2. The Labute approximate surface area is 142 Å². The van der Waals surface area contributed by atoms with Crippen molar-refractivity contribution in [1.82, 2.24) is 10.2 Å². The molecule has 0 aromatic heterocycles. The Morgan fingerprint density at radius 3 is 2.39 bits per heavy atom. The topological polar surface area (TPSA) is 75.4 Å². The number of rotatable bonds is 4. The minimum atomic E-state index is -4.88. The number of nitrogens with zero attached hydrogens (tertiary/aromatic N) is 1. The Balaban J connectivity index is 0.00000484. The Kier molecular flexibility index (Phi) is 8.25. The van der Waals surface area contributed by atoms with E-state index in [1.165, 1.54) is 4.90 Å². The highest BCUT2D eigenvalue weighted by Gasteiger charge is 2.38. The number of hydrogen-bond acceptors (Lipinski definition) is 4. The second-order valence-corrected chi connectivity index (χ2v) is 5.63. The van der Waals surface area contributed by atoms with Gasteiger partial charge in [0.2, 0.25) is 0 Å². The largest absolute Gasteiger partial charge is 0.471 e.